The zero-order chi connectivity index (χ0) is 12.7. The molecule has 0 aromatic heterocycles. The Kier molecular flexibility index (Phi) is 3.48. The summed E-state index contributed by atoms with van der Waals surface area (Å²) in [6.07, 6.45) is -0.0264. The van der Waals surface area contributed by atoms with E-state index in [1.165, 1.54) is 0 Å². The highest BCUT2D eigenvalue weighted by Gasteiger charge is 2.38. The highest BCUT2D eigenvalue weighted by Crippen LogP contribution is 2.23. The smallest absolute Gasteiger partial charge is 0.402 e. The molecular formula is C12H15BClFO2. The van der Waals surface area contributed by atoms with Gasteiger partial charge in [-0.25, -0.2) is 4.39 Å². The van der Waals surface area contributed by atoms with E-state index in [2.05, 4.69) is 0 Å². The average Bonchev–Trinajstić information content (AvgIpc) is 2.61. The van der Waals surface area contributed by atoms with Crippen LogP contribution in [0.1, 0.15) is 25.0 Å². The van der Waals surface area contributed by atoms with Crippen LogP contribution in [0.25, 0.3) is 0 Å². The zero-order valence-corrected chi connectivity index (χ0v) is 11.1. The Balaban J connectivity index is 2.40. The molecular weight excluding hydrogens is 241 g/mol. The fourth-order valence-electron chi connectivity index (χ4n) is 1.83. The van der Waals surface area contributed by atoms with Crippen molar-refractivity contribution in [2.45, 2.75) is 39.9 Å². The molecule has 1 aliphatic rings. The predicted molar refractivity (Wildman–Crippen MR) is 67.4 cm³/mol. The minimum Gasteiger partial charge on any atom is -0.402 e. The van der Waals surface area contributed by atoms with E-state index >= 15 is 0 Å². The van der Waals surface area contributed by atoms with Crippen molar-refractivity contribution in [2.75, 3.05) is 0 Å². The molecule has 1 aliphatic heterocycles. The lowest BCUT2D eigenvalue weighted by Gasteiger charge is -2.12. The molecule has 0 saturated carbocycles. The Morgan fingerprint density at radius 1 is 1.24 bits per heavy atom. The van der Waals surface area contributed by atoms with Crippen molar-refractivity contribution in [3.05, 3.63) is 28.0 Å². The highest BCUT2D eigenvalue weighted by molar-refractivity contribution is 6.65. The van der Waals surface area contributed by atoms with Crippen LogP contribution in [-0.2, 0) is 9.31 Å². The molecule has 0 bridgehead atoms. The van der Waals surface area contributed by atoms with Crippen LogP contribution in [0.4, 0.5) is 4.39 Å². The first-order valence-electron chi connectivity index (χ1n) is 5.67. The van der Waals surface area contributed by atoms with Crippen molar-refractivity contribution in [1.82, 2.24) is 0 Å². The number of aryl methyl sites for hydroxylation is 1. The Morgan fingerprint density at radius 2 is 1.76 bits per heavy atom. The van der Waals surface area contributed by atoms with Crippen molar-refractivity contribution in [2.24, 2.45) is 0 Å². The summed E-state index contributed by atoms with van der Waals surface area (Å²) in [4.78, 5) is 0. The molecule has 1 heterocycles. The normalized spacial score (nSPS) is 24.5. The van der Waals surface area contributed by atoms with Gasteiger partial charge in [-0.1, -0.05) is 17.7 Å². The molecule has 1 fully saturated rings. The number of rotatable bonds is 1. The first kappa shape index (κ1) is 12.9. The van der Waals surface area contributed by atoms with Gasteiger partial charge in [-0.3, -0.25) is 0 Å². The summed E-state index contributed by atoms with van der Waals surface area (Å²) in [6.45, 7) is 7.41. The molecule has 1 aromatic rings. The lowest BCUT2D eigenvalue weighted by Crippen LogP contribution is -2.34. The minimum atomic E-state index is -0.568. The van der Waals surface area contributed by atoms with Gasteiger partial charge in [-0.15, -0.1) is 0 Å². The van der Waals surface area contributed by atoms with E-state index in [9.17, 15) is 4.39 Å². The van der Waals surface area contributed by atoms with Gasteiger partial charge in [0.25, 0.3) is 0 Å². The monoisotopic (exact) mass is 256 g/mol. The van der Waals surface area contributed by atoms with Crippen molar-refractivity contribution in [3.63, 3.8) is 0 Å². The van der Waals surface area contributed by atoms with Gasteiger partial charge in [0.15, 0.2) is 0 Å². The molecule has 2 unspecified atom stereocenters. The summed E-state index contributed by atoms with van der Waals surface area (Å²) >= 11 is 6.01. The third kappa shape index (κ3) is 2.22. The molecule has 0 aliphatic carbocycles. The number of benzene rings is 1. The lowest BCUT2D eigenvalue weighted by atomic mass is 9.77. The zero-order valence-electron chi connectivity index (χ0n) is 10.4. The standard InChI is InChI=1S/C12H15BClFO2/c1-6-5-10(11(14)12(15)7(6)2)13-16-8(3)9(4)17-13/h5,8-9H,1-4H3. The van der Waals surface area contributed by atoms with Crippen LogP contribution >= 0.6 is 11.6 Å². The van der Waals surface area contributed by atoms with E-state index in [0.29, 0.717) is 11.0 Å². The van der Waals surface area contributed by atoms with E-state index in [0.717, 1.165) is 5.56 Å². The molecule has 0 N–H and O–H groups in total. The maximum Gasteiger partial charge on any atom is 0.496 e. The summed E-state index contributed by atoms with van der Waals surface area (Å²) < 4.78 is 25.1. The first-order chi connectivity index (χ1) is 7.91. The molecule has 2 rings (SSSR count). The fraction of sp³-hybridized carbons (Fsp3) is 0.500. The van der Waals surface area contributed by atoms with Gasteiger partial charge in [0.05, 0.1) is 17.2 Å². The molecule has 5 heteroatoms. The van der Waals surface area contributed by atoms with Gasteiger partial charge in [0.1, 0.15) is 5.82 Å². The van der Waals surface area contributed by atoms with E-state index < -0.39 is 7.12 Å². The van der Waals surface area contributed by atoms with Crippen molar-refractivity contribution < 1.29 is 13.7 Å². The Morgan fingerprint density at radius 3 is 2.29 bits per heavy atom. The van der Waals surface area contributed by atoms with Crippen molar-refractivity contribution >= 4 is 24.2 Å². The lowest BCUT2D eigenvalue weighted by molar-refractivity contribution is 0.187. The van der Waals surface area contributed by atoms with Crippen LogP contribution in [0.5, 0.6) is 0 Å². The molecule has 92 valence electrons. The van der Waals surface area contributed by atoms with E-state index in [-0.39, 0.29) is 23.0 Å². The molecule has 0 spiro atoms. The molecule has 17 heavy (non-hydrogen) atoms. The Hall–Kier alpha value is -0.575. The van der Waals surface area contributed by atoms with Gasteiger partial charge in [0, 0.05) is 5.46 Å². The predicted octanol–water partition coefficient (Wildman–Crippen LogP) is 2.61. The first-order valence-corrected chi connectivity index (χ1v) is 6.05. The summed E-state index contributed by atoms with van der Waals surface area (Å²) in [6, 6.07) is 1.83. The quantitative estimate of drug-likeness (QED) is 0.719. The fourth-order valence-corrected chi connectivity index (χ4v) is 2.12. The Bertz CT molecular complexity index is 443. The van der Waals surface area contributed by atoms with Crippen LogP contribution < -0.4 is 5.46 Å². The number of hydrogen-bond donors (Lipinski definition) is 0. The molecule has 1 aromatic carbocycles. The number of halogens is 2. The third-order valence-electron chi connectivity index (χ3n) is 3.33. The highest BCUT2D eigenvalue weighted by atomic mass is 35.5. The van der Waals surface area contributed by atoms with Gasteiger partial charge in [-0.05, 0) is 38.8 Å². The second-order valence-corrected chi connectivity index (χ2v) is 4.93. The van der Waals surface area contributed by atoms with Crippen LogP contribution in [0.2, 0.25) is 5.02 Å². The molecule has 0 radical (unpaired) electrons. The third-order valence-corrected chi connectivity index (χ3v) is 3.71. The second-order valence-electron chi connectivity index (χ2n) is 4.55. The molecule has 2 nitrogen and oxygen atoms in total. The maximum absolute atomic E-state index is 13.9. The molecule has 1 saturated heterocycles. The number of hydrogen-bond acceptors (Lipinski definition) is 2. The van der Waals surface area contributed by atoms with Crippen molar-refractivity contribution in [1.29, 1.82) is 0 Å². The van der Waals surface area contributed by atoms with E-state index in [1.807, 2.05) is 26.8 Å². The summed E-state index contributed by atoms with van der Waals surface area (Å²) in [7, 11) is -0.568. The van der Waals surface area contributed by atoms with Crippen LogP contribution in [0, 0.1) is 19.7 Å². The Labute approximate surface area is 106 Å². The van der Waals surface area contributed by atoms with Crippen LogP contribution in [0.3, 0.4) is 0 Å². The van der Waals surface area contributed by atoms with Gasteiger partial charge in [-0.2, -0.15) is 0 Å². The second kappa shape index (κ2) is 4.60. The summed E-state index contributed by atoms with van der Waals surface area (Å²) in [5, 5.41) is 0.0967. The van der Waals surface area contributed by atoms with Crippen LogP contribution in [0.15, 0.2) is 6.07 Å². The maximum atomic E-state index is 13.9. The average molecular weight is 257 g/mol. The van der Waals surface area contributed by atoms with Crippen LogP contribution in [-0.4, -0.2) is 19.3 Å². The van der Waals surface area contributed by atoms with Gasteiger partial charge < -0.3 is 9.31 Å². The largest absolute Gasteiger partial charge is 0.496 e. The molecule has 2 atom stereocenters. The van der Waals surface area contributed by atoms with Gasteiger partial charge >= 0.3 is 7.12 Å². The summed E-state index contributed by atoms with van der Waals surface area (Å²) in [5.74, 6) is -0.388. The van der Waals surface area contributed by atoms with Crippen molar-refractivity contribution in [3.8, 4) is 0 Å². The topological polar surface area (TPSA) is 18.5 Å². The SMILES string of the molecule is Cc1cc(B2OC(C)C(C)O2)c(Cl)c(F)c1C. The minimum absolute atomic E-state index is 0.0132. The molecule has 0 amide bonds. The van der Waals surface area contributed by atoms with Gasteiger partial charge in [0.2, 0.25) is 0 Å². The summed E-state index contributed by atoms with van der Waals surface area (Å²) in [5.41, 5.74) is 1.99. The van der Waals surface area contributed by atoms with E-state index in [4.69, 9.17) is 20.9 Å². The van der Waals surface area contributed by atoms with E-state index in [1.54, 1.807) is 6.92 Å².